The van der Waals surface area contributed by atoms with Gasteiger partial charge in [0.25, 0.3) is 0 Å². The first-order chi connectivity index (χ1) is 18.9. The minimum atomic E-state index is -0.218. The third kappa shape index (κ3) is 6.21. The number of Topliss-reactive ketones (excluding diaryl/α,β-unsaturated/α-hetero) is 2. The van der Waals surface area contributed by atoms with E-state index in [1.54, 1.807) is 60.4 Å². The van der Waals surface area contributed by atoms with Gasteiger partial charge >= 0.3 is 0 Å². The summed E-state index contributed by atoms with van der Waals surface area (Å²) in [4.78, 5) is 40.5. The molecule has 1 aliphatic rings. The van der Waals surface area contributed by atoms with E-state index in [-0.39, 0.29) is 36.3 Å². The van der Waals surface area contributed by atoms with Crippen LogP contribution >= 0.6 is 0 Å². The van der Waals surface area contributed by atoms with Crippen molar-refractivity contribution in [1.29, 1.82) is 0 Å². The Kier molecular flexibility index (Phi) is 7.79. The van der Waals surface area contributed by atoms with E-state index in [2.05, 4.69) is 10.00 Å². The third-order valence-electron chi connectivity index (χ3n) is 7.29. The molecule has 1 aromatic heterocycles. The van der Waals surface area contributed by atoms with E-state index in [4.69, 9.17) is 0 Å². The van der Waals surface area contributed by atoms with Gasteiger partial charge in [-0.2, -0.15) is 5.10 Å². The number of aromatic nitrogens is 2. The fourth-order valence-corrected chi connectivity index (χ4v) is 4.91. The Morgan fingerprint density at radius 3 is 1.77 bits per heavy atom. The Morgan fingerprint density at radius 1 is 0.744 bits per heavy atom. The van der Waals surface area contributed by atoms with Crippen LogP contribution in [0.15, 0.2) is 85.1 Å². The number of hydrogen-bond donors (Lipinski definition) is 1. The molecule has 3 aromatic carbocycles. The van der Waals surface area contributed by atoms with E-state index in [9.17, 15) is 19.5 Å². The number of piperidine rings is 1. The molecule has 7 nitrogen and oxygen atoms in total. The van der Waals surface area contributed by atoms with Gasteiger partial charge in [0.15, 0.2) is 17.3 Å². The first kappa shape index (κ1) is 26.3. The van der Waals surface area contributed by atoms with Gasteiger partial charge in [0.05, 0.1) is 6.10 Å². The predicted octanol–water partition coefficient (Wildman–Crippen LogP) is 4.46. The van der Waals surface area contributed by atoms with Gasteiger partial charge in [-0.25, -0.2) is 0 Å². The zero-order chi connectivity index (χ0) is 27.4. The maximum atomic E-state index is 13.0. The van der Waals surface area contributed by atoms with Crippen LogP contribution in [-0.2, 0) is 19.9 Å². The minimum Gasteiger partial charge on any atom is -0.393 e. The summed E-state index contributed by atoms with van der Waals surface area (Å²) in [5.74, 6) is -0.123. The SMILES string of the molecule is Cn1nccc1C(=O)Cc1ccc(C(=O)c2ccc(CC(=O)c3ccc(N4CCC(O)CC4)cc3)cc2)cc1. The van der Waals surface area contributed by atoms with Crippen molar-refractivity contribution in [1.82, 2.24) is 9.78 Å². The Balaban J connectivity index is 1.17. The van der Waals surface area contributed by atoms with Gasteiger partial charge in [-0.05, 0) is 54.3 Å². The van der Waals surface area contributed by atoms with Crippen LogP contribution < -0.4 is 4.90 Å². The fourth-order valence-electron chi connectivity index (χ4n) is 4.91. The fraction of sp³-hybridized carbons (Fsp3) is 0.250. The average molecular weight is 522 g/mol. The average Bonchev–Trinajstić information content (AvgIpc) is 3.40. The molecule has 5 rings (SSSR count). The number of aryl methyl sites for hydroxylation is 1. The van der Waals surface area contributed by atoms with Gasteiger partial charge in [0, 0.05) is 61.6 Å². The lowest BCUT2D eigenvalue weighted by atomic mass is 9.97. The quantitative estimate of drug-likeness (QED) is 0.327. The minimum absolute atomic E-state index is 0.0194. The van der Waals surface area contributed by atoms with Gasteiger partial charge in [-0.15, -0.1) is 0 Å². The van der Waals surface area contributed by atoms with Gasteiger partial charge in [0.2, 0.25) is 0 Å². The second kappa shape index (κ2) is 11.6. The molecule has 1 N–H and O–H groups in total. The normalized spacial score (nSPS) is 13.8. The number of anilines is 1. The smallest absolute Gasteiger partial charge is 0.193 e. The monoisotopic (exact) mass is 521 g/mol. The van der Waals surface area contributed by atoms with Gasteiger partial charge < -0.3 is 10.0 Å². The summed E-state index contributed by atoms with van der Waals surface area (Å²) in [5.41, 5.74) is 5.01. The highest BCUT2D eigenvalue weighted by Crippen LogP contribution is 2.21. The number of ketones is 3. The van der Waals surface area contributed by atoms with Gasteiger partial charge in [0.1, 0.15) is 5.69 Å². The molecular formula is C32H31N3O4. The number of benzene rings is 3. The van der Waals surface area contributed by atoms with E-state index in [1.807, 2.05) is 36.4 Å². The molecule has 1 fully saturated rings. The lowest BCUT2D eigenvalue weighted by Crippen LogP contribution is -2.35. The van der Waals surface area contributed by atoms with Crippen molar-refractivity contribution in [3.63, 3.8) is 0 Å². The number of hydrogen-bond acceptors (Lipinski definition) is 6. The summed E-state index contributed by atoms with van der Waals surface area (Å²) in [6.45, 7) is 1.63. The maximum Gasteiger partial charge on any atom is 0.193 e. The molecule has 0 bridgehead atoms. The van der Waals surface area contributed by atoms with Crippen molar-refractivity contribution in [3.8, 4) is 0 Å². The summed E-state index contributed by atoms with van der Waals surface area (Å²) < 4.78 is 1.55. The molecule has 0 amide bonds. The molecule has 4 aromatic rings. The number of aliphatic hydroxyl groups is 1. The van der Waals surface area contributed by atoms with Crippen molar-refractivity contribution in [2.24, 2.45) is 7.05 Å². The lowest BCUT2D eigenvalue weighted by molar-refractivity contribution is 0.0979. The number of nitrogens with zero attached hydrogens (tertiary/aromatic N) is 3. The summed E-state index contributed by atoms with van der Waals surface area (Å²) in [7, 11) is 1.73. The number of carbonyl (C=O) groups is 3. The highest BCUT2D eigenvalue weighted by Gasteiger charge is 2.18. The molecule has 0 unspecified atom stereocenters. The topological polar surface area (TPSA) is 92.5 Å². The maximum absolute atomic E-state index is 13.0. The summed E-state index contributed by atoms with van der Waals surface area (Å²) in [6, 6.07) is 23.5. The zero-order valence-electron chi connectivity index (χ0n) is 21.9. The van der Waals surface area contributed by atoms with E-state index >= 15 is 0 Å². The Hall–Kier alpha value is -4.36. The van der Waals surface area contributed by atoms with Crippen molar-refractivity contribution in [2.75, 3.05) is 18.0 Å². The second-order valence-corrected chi connectivity index (χ2v) is 10.0. The van der Waals surface area contributed by atoms with Crippen molar-refractivity contribution >= 4 is 23.0 Å². The predicted molar refractivity (Wildman–Crippen MR) is 149 cm³/mol. The van der Waals surface area contributed by atoms with Crippen LogP contribution in [0.2, 0.25) is 0 Å². The second-order valence-electron chi connectivity index (χ2n) is 10.0. The van der Waals surface area contributed by atoms with Crippen LogP contribution in [0, 0.1) is 0 Å². The Bertz CT molecular complexity index is 1460. The van der Waals surface area contributed by atoms with E-state index in [0.717, 1.165) is 42.7 Å². The highest BCUT2D eigenvalue weighted by molar-refractivity contribution is 6.09. The van der Waals surface area contributed by atoms with Crippen molar-refractivity contribution in [2.45, 2.75) is 31.8 Å². The first-order valence-corrected chi connectivity index (χ1v) is 13.2. The molecule has 0 atom stereocenters. The standard InChI is InChI=1S/C32H31N3O4/c1-34-29(14-17-33-34)31(38)21-23-4-8-26(9-5-23)32(39)25-6-2-22(3-7-25)20-30(37)24-10-12-27(13-11-24)35-18-15-28(36)16-19-35/h2-14,17,28,36H,15-16,18-21H2,1H3. The first-order valence-electron chi connectivity index (χ1n) is 13.2. The third-order valence-corrected chi connectivity index (χ3v) is 7.29. The molecule has 0 aliphatic carbocycles. The molecule has 198 valence electrons. The van der Waals surface area contributed by atoms with Crippen LogP contribution in [-0.4, -0.2) is 51.4 Å². The molecule has 0 spiro atoms. The molecular weight excluding hydrogens is 490 g/mol. The van der Waals surface area contributed by atoms with Gasteiger partial charge in [-0.3, -0.25) is 19.1 Å². The summed E-state index contributed by atoms with van der Waals surface area (Å²) in [5, 5.41) is 13.7. The zero-order valence-corrected chi connectivity index (χ0v) is 21.9. The lowest BCUT2D eigenvalue weighted by Gasteiger charge is -2.31. The highest BCUT2D eigenvalue weighted by atomic mass is 16.3. The van der Waals surface area contributed by atoms with Crippen LogP contribution in [0.3, 0.4) is 0 Å². The van der Waals surface area contributed by atoms with Crippen LogP contribution in [0.5, 0.6) is 0 Å². The summed E-state index contributed by atoms with van der Waals surface area (Å²) >= 11 is 0. The van der Waals surface area contributed by atoms with Crippen LogP contribution in [0.4, 0.5) is 5.69 Å². The molecule has 0 saturated carbocycles. The van der Waals surface area contributed by atoms with Crippen LogP contribution in [0.25, 0.3) is 0 Å². The van der Waals surface area contributed by atoms with Crippen molar-refractivity contribution in [3.05, 3.63) is 119 Å². The molecule has 2 heterocycles. The molecule has 0 radical (unpaired) electrons. The molecule has 39 heavy (non-hydrogen) atoms. The number of carbonyl (C=O) groups excluding carboxylic acids is 3. The van der Waals surface area contributed by atoms with E-state index < -0.39 is 0 Å². The largest absolute Gasteiger partial charge is 0.393 e. The van der Waals surface area contributed by atoms with Crippen molar-refractivity contribution < 1.29 is 19.5 Å². The molecule has 1 saturated heterocycles. The molecule has 1 aliphatic heterocycles. The van der Waals surface area contributed by atoms with Gasteiger partial charge in [-0.1, -0.05) is 48.5 Å². The van der Waals surface area contributed by atoms with E-state index in [0.29, 0.717) is 22.4 Å². The number of aliphatic hydroxyl groups excluding tert-OH is 1. The Labute approximate surface area is 227 Å². The summed E-state index contributed by atoms with van der Waals surface area (Å²) in [6.07, 6.45) is 3.39. The van der Waals surface area contributed by atoms with E-state index in [1.165, 1.54) is 0 Å². The van der Waals surface area contributed by atoms with Crippen LogP contribution in [0.1, 0.15) is 60.7 Å². The number of rotatable bonds is 9. The Morgan fingerprint density at radius 2 is 1.26 bits per heavy atom. The molecule has 7 heteroatoms.